The van der Waals surface area contributed by atoms with Gasteiger partial charge in [0.05, 0.1) is 24.0 Å². The molecule has 3 aliphatic rings. The monoisotopic (exact) mass is 792 g/mol. The maximum absolute atomic E-state index is 15.0. The Morgan fingerprint density at radius 2 is 1.75 bits per heavy atom. The van der Waals surface area contributed by atoms with Crippen molar-refractivity contribution in [1.82, 2.24) is 10.2 Å². The van der Waals surface area contributed by atoms with Gasteiger partial charge in [-0.1, -0.05) is 58.4 Å². The van der Waals surface area contributed by atoms with E-state index in [1.54, 1.807) is 28.9 Å². The molecule has 12 heteroatoms. The number of halogens is 1. The first-order chi connectivity index (χ1) is 25.6. The van der Waals surface area contributed by atoms with Crippen molar-refractivity contribution in [2.75, 3.05) is 42.6 Å². The van der Waals surface area contributed by atoms with Gasteiger partial charge in [-0.2, -0.15) is 0 Å². The third-order valence-electron chi connectivity index (χ3n) is 10.8. The van der Waals surface area contributed by atoms with E-state index >= 15 is 0 Å². The number of anilines is 2. The van der Waals surface area contributed by atoms with Crippen molar-refractivity contribution in [2.24, 2.45) is 11.8 Å². The Morgan fingerprint density at radius 3 is 2.38 bits per heavy atom. The van der Waals surface area contributed by atoms with Gasteiger partial charge in [-0.05, 0) is 76.3 Å². The summed E-state index contributed by atoms with van der Waals surface area (Å²) in [6.07, 6.45) is 3.75. The van der Waals surface area contributed by atoms with Crippen LogP contribution in [0.5, 0.6) is 0 Å². The van der Waals surface area contributed by atoms with Gasteiger partial charge < -0.3 is 34.6 Å². The number of esters is 1. The third kappa shape index (κ3) is 8.10. The maximum Gasteiger partial charge on any atom is 0.313 e. The van der Waals surface area contributed by atoms with Crippen molar-refractivity contribution in [1.29, 1.82) is 0 Å². The minimum absolute atomic E-state index is 0.0587. The molecule has 3 aliphatic heterocycles. The number of aliphatic hydroxyl groups excluding tert-OH is 1. The first-order valence-electron chi connectivity index (χ1n) is 18.7. The Balaban J connectivity index is 1.49. The van der Waals surface area contributed by atoms with Crippen LogP contribution in [0, 0.1) is 11.8 Å². The van der Waals surface area contributed by atoms with Crippen molar-refractivity contribution in [3.05, 3.63) is 85.5 Å². The largest absolute Gasteiger partial charge is 0.455 e. The molecule has 0 aliphatic carbocycles. The molecule has 2 bridgehead atoms. The van der Waals surface area contributed by atoms with Gasteiger partial charge in [0.1, 0.15) is 17.7 Å². The second kappa shape index (κ2) is 17.9. The molecule has 2 aromatic carbocycles. The smallest absolute Gasteiger partial charge is 0.313 e. The molecule has 3 fully saturated rings. The first kappa shape index (κ1) is 40.2. The summed E-state index contributed by atoms with van der Waals surface area (Å²) in [5.74, 6) is -3.47. The summed E-state index contributed by atoms with van der Waals surface area (Å²) in [6.45, 7) is 15.6. The van der Waals surface area contributed by atoms with Gasteiger partial charge in [0.15, 0.2) is 0 Å². The maximum atomic E-state index is 15.0. The van der Waals surface area contributed by atoms with Gasteiger partial charge >= 0.3 is 5.97 Å². The fourth-order valence-corrected chi connectivity index (χ4v) is 9.23. The molecule has 53 heavy (non-hydrogen) atoms. The summed E-state index contributed by atoms with van der Waals surface area (Å²) in [4.78, 5) is 61.9. The van der Waals surface area contributed by atoms with Gasteiger partial charge in [0.2, 0.25) is 11.8 Å². The Hall–Kier alpha value is -4.00. The lowest BCUT2D eigenvalue weighted by atomic mass is 9.70. The molecule has 11 nitrogen and oxygen atoms in total. The molecule has 0 aromatic heterocycles. The first-order valence-corrected chi connectivity index (χ1v) is 19.6. The normalized spacial score (nSPS) is 25.3. The molecule has 286 valence electrons. The number of unbranched alkanes of at least 4 members (excludes halogenated alkanes) is 1. The van der Waals surface area contributed by atoms with Crippen LogP contribution in [0.15, 0.2) is 79.9 Å². The Kier molecular flexibility index (Phi) is 13.6. The molecule has 2 N–H and O–H groups in total. The highest BCUT2D eigenvalue weighted by atomic mass is 79.9. The van der Waals surface area contributed by atoms with E-state index in [2.05, 4.69) is 53.2 Å². The number of hydrogen-bond acceptors (Lipinski definition) is 8. The van der Waals surface area contributed by atoms with Crippen molar-refractivity contribution in [3.63, 3.8) is 0 Å². The number of likely N-dealkylation sites (tertiary alicyclic amines) is 1. The van der Waals surface area contributed by atoms with E-state index in [-0.39, 0.29) is 48.7 Å². The van der Waals surface area contributed by atoms with Crippen LogP contribution in [0.2, 0.25) is 0 Å². The van der Waals surface area contributed by atoms with E-state index < -0.39 is 47.7 Å². The summed E-state index contributed by atoms with van der Waals surface area (Å²) in [5.41, 5.74) is 1.08. The zero-order valence-electron chi connectivity index (χ0n) is 31.0. The number of rotatable bonds is 19. The molecular formula is C41H53BrN4O7. The van der Waals surface area contributed by atoms with Crippen LogP contribution < -0.4 is 15.1 Å². The van der Waals surface area contributed by atoms with E-state index in [0.29, 0.717) is 36.9 Å². The van der Waals surface area contributed by atoms with Crippen molar-refractivity contribution in [3.8, 4) is 0 Å². The summed E-state index contributed by atoms with van der Waals surface area (Å²) in [6, 6.07) is 15.3. The number of allylic oxidation sites excluding steroid dienone is 1. The highest BCUT2D eigenvalue weighted by Gasteiger charge is 2.77. The number of aliphatic hydroxyl groups is 1. The quantitative estimate of drug-likeness (QED) is 0.0847. The number of alkyl halides is 1. The van der Waals surface area contributed by atoms with E-state index in [4.69, 9.17) is 9.47 Å². The standard InChI is InChI=1S/C41H53BrN4O7/c1-6-10-18-32(48)43-27(5)35(28-16-12-11-13-17-28)52-40(51)33-34-38(49)46(24-14-15-25-47)37(41(34)26-31(42)36(33)53-41)39(50)45(23-7-2)30-21-19-29(20-22-30)44(8-3)9-4/h6-7,11-13,16-17,19-22,27,31,33-37,47H,1-2,8-10,14-15,18,23-26H2,3-5H3,(H,43,48)/t27-,31?,33+,34-,35-,36+,37+,41-/m0/s1. The van der Waals surface area contributed by atoms with Crippen LogP contribution in [-0.2, 0) is 28.7 Å². The predicted octanol–water partition coefficient (Wildman–Crippen LogP) is 5.33. The van der Waals surface area contributed by atoms with Gasteiger partial charge in [-0.3, -0.25) is 19.2 Å². The molecule has 5 rings (SSSR count). The summed E-state index contributed by atoms with van der Waals surface area (Å²) >= 11 is 3.75. The molecule has 1 spiro atoms. The van der Waals surface area contributed by atoms with Crippen LogP contribution in [0.25, 0.3) is 0 Å². The second-order valence-electron chi connectivity index (χ2n) is 14.0. The fourth-order valence-electron chi connectivity index (χ4n) is 8.28. The summed E-state index contributed by atoms with van der Waals surface area (Å²) in [5, 5.41) is 12.6. The number of amides is 3. The number of benzene rings is 2. The van der Waals surface area contributed by atoms with Gasteiger partial charge in [0, 0.05) is 55.4 Å². The average Bonchev–Trinajstić information content (AvgIpc) is 3.75. The van der Waals surface area contributed by atoms with E-state index in [9.17, 15) is 24.3 Å². The fraction of sp³-hybridized carbons (Fsp3) is 0.512. The van der Waals surface area contributed by atoms with Gasteiger partial charge in [0.25, 0.3) is 5.91 Å². The lowest BCUT2D eigenvalue weighted by Gasteiger charge is -2.37. The molecule has 1 unspecified atom stereocenters. The zero-order chi connectivity index (χ0) is 38.3. The van der Waals surface area contributed by atoms with Gasteiger partial charge in [-0.15, -0.1) is 13.2 Å². The minimum Gasteiger partial charge on any atom is -0.455 e. The number of fused-ring (bicyclic) bond motifs is 1. The SMILES string of the molecule is C=CCCC(=O)N[C@@H](C)[C@H](OC(=O)[C@H]1[C@@H]2O[C@@]3(CC2Br)[C@@H]1C(=O)N(CCCCO)[C@@H]3C(=O)N(CC=C)c1ccc(N(CC)CC)cc1)c1ccccc1. The molecule has 3 amide bonds. The van der Waals surface area contributed by atoms with E-state index in [1.165, 1.54) is 0 Å². The molecule has 3 saturated heterocycles. The summed E-state index contributed by atoms with van der Waals surface area (Å²) in [7, 11) is 0. The van der Waals surface area contributed by atoms with E-state index in [0.717, 1.165) is 18.8 Å². The number of nitrogens with zero attached hydrogens (tertiary/aromatic N) is 3. The number of ether oxygens (including phenoxy) is 2. The number of hydrogen-bond donors (Lipinski definition) is 2. The Morgan fingerprint density at radius 1 is 1.08 bits per heavy atom. The number of carbonyl (C=O) groups excluding carboxylic acids is 4. The predicted molar refractivity (Wildman–Crippen MR) is 209 cm³/mol. The summed E-state index contributed by atoms with van der Waals surface area (Å²) < 4.78 is 13.0. The Bertz CT molecular complexity index is 1620. The van der Waals surface area contributed by atoms with Crippen molar-refractivity contribution < 1.29 is 33.8 Å². The highest BCUT2D eigenvalue weighted by Crippen LogP contribution is 2.60. The van der Waals surface area contributed by atoms with Crippen LogP contribution >= 0.6 is 15.9 Å². The van der Waals surface area contributed by atoms with Gasteiger partial charge in [-0.25, -0.2) is 0 Å². The lowest BCUT2D eigenvalue weighted by molar-refractivity contribution is -0.162. The Labute approximate surface area is 321 Å². The molecule has 2 aromatic rings. The second-order valence-corrected chi connectivity index (χ2v) is 15.2. The average molecular weight is 794 g/mol. The number of nitrogens with one attached hydrogen (secondary N) is 1. The van der Waals surface area contributed by atoms with Crippen LogP contribution in [-0.4, -0.2) is 95.1 Å². The third-order valence-corrected chi connectivity index (χ3v) is 11.6. The molecular weight excluding hydrogens is 740 g/mol. The van der Waals surface area contributed by atoms with Crippen LogP contribution in [0.1, 0.15) is 64.5 Å². The molecule has 0 saturated carbocycles. The lowest BCUT2D eigenvalue weighted by Crippen LogP contribution is -2.57. The topological polar surface area (TPSA) is 129 Å². The highest BCUT2D eigenvalue weighted by molar-refractivity contribution is 9.09. The molecule has 0 radical (unpaired) electrons. The van der Waals surface area contributed by atoms with E-state index in [1.807, 2.05) is 54.6 Å². The van der Waals surface area contributed by atoms with Crippen LogP contribution in [0.3, 0.4) is 0 Å². The zero-order valence-corrected chi connectivity index (χ0v) is 32.6. The van der Waals surface area contributed by atoms with Crippen molar-refractivity contribution >= 4 is 51.0 Å². The molecule has 3 heterocycles. The minimum atomic E-state index is -1.30. The van der Waals surface area contributed by atoms with Crippen LogP contribution in [0.4, 0.5) is 11.4 Å². The molecule has 8 atom stereocenters. The number of carbonyl (C=O) groups is 4. The van der Waals surface area contributed by atoms with Crippen molar-refractivity contribution in [2.45, 2.75) is 87.6 Å².